The molecule has 4 rings (SSSR count). The molecule has 1 atom stereocenters. The van der Waals surface area contributed by atoms with Gasteiger partial charge in [0.05, 0.1) is 17.3 Å². The monoisotopic (exact) mass is 422 g/mol. The summed E-state index contributed by atoms with van der Waals surface area (Å²) in [6.07, 6.45) is 6.65. The highest BCUT2D eigenvalue weighted by Gasteiger charge is 2.23. The van der Waals surface area contributed by atoms with Gasteiger partial charge in [-0.05, 0) is 50.7 Å². The van der Waals surface area contributed by atoms with Crippen molar-refractivity contribution in [2.24, 2.45) is 0 Å². The number of aromatic nitrogens is 3. The fraction of sp³-hybridized carbons (Fsp3) is 0.600. The number of hydrogen-bond donors (Lipinski definition) is 0. The maximum absolute atomic E-state index is 6.50. The molecule has 2 aromatic rings. The summed E-state index contributed by atoms with van der Waals surface area (Å²) in [4.78, 5) is 2.30. The Balaban J connectivity index is 1.41. The first-order valence-electron chi connectivity index (χ1n) is 10.1. The van der Waals surface area contributed by atoms with E-state index < -0.39 is 0 Å². The smallest absolute Gasteiger partial charge is 0.232 e. The van der Waals surface area contributed by atoms with E-state index in [1.165, 1.54) is 19.3 Å². The van der Waals surface area contributed by atoms with Gasteiger partial charge in [-0.2, -0.15) is 0 Å². The molecule has 3 heterocycles. The van der Waals surface area contributed by atoms with Crippen LogP contribution in [0.5, 0.6) is 0 Å². The maximum Gasteiger partial charge on any atom is 0.232 e. The van der Waals surface area contributed by atoms with Crippen molar-refractivity contribution < 1.29 is 9.47 Å². The number of benzene rings is 1. The number of para-hydroxylation sites is 1. The van der Waals surface area contributed by atoms with E-state index in [9.17, 15) is 0 Å². The van der Waals surface area contributed by atoms with Crippen LogP contribution in [0.4, 0.5) is 5.95 Å². The fourth-order valence-electron chi connectivity index (χ4n) is 3.60. The zero-order chi connectivity index (χ0) is 19.2. The third-order valence-electron chi connectivity index (χ3n) is 5.06. The molecule has 0 radical (unpaired) electrons. The fourth-order valence-corrected chi connectivity index (χ4v) is 4.67. The molecule has 1 aromatic carbocycles. The SMILES string of the molecule is Clc1ccccc1-n1c(SCCCO[C@H]2CCCCO2)nnc1N1CCCC1. The van der Waals surface area contributed by atoms with Gasteiger partial charge in [-0.3, -0.25) is 4.57 Å². The van der Waals surface area contributed by atoms with Crippen LogP contribution >= 0.6 is 23.4 Å². The molecule has 0 spiro atoms. The van der Waals surface area contributed by atoms with E-state index in [2.05, 4.69) is 19.7 Å². The molecule has 0 N–H and O–H groups in total. The van der Waals surface area contributed by atoms with Crippen molar-refractivity contribution in [1.29, 1.82) is 0 Å². The molecule has 2 aliphatic rings. The Morgan fingerprint density at radius 2 is 2.00 bits per heavy atom. The van der Waals surface area contributed by atoms with Gasteiger partial charge in [-0.25, -0.2) is 0 Å². The molecule has 8 heteroatoms. The maximum atomic E-state index is 6.50. The summed E-state index contributed by atoms with van der Waals surface area (Å²) in [5.74, 6) is 1.80. The molecule has 28 heavy (non-hydrogen) atoms. The lowest BCUT2D eigenvalue weighted by Gasteiger charge is -2.22. The number of thioether (sulfide) groups is 1. The summed E-state index contributed by atoms with van der Waals surface area (Å²) in [6, 6.07) is 7.89. The van der Waals surface area contributed by atoms with Gasteiger partial charge < -0.3 is 14.4 Å². The van der Waals surface area contributed by atoms with Crippen molar-refractivity contribution in [1.82, 2.24) is 14.8 Å². The van der Waals surface area contributed by atoms with Gasteiger partial charge in [0.15, 0.2) is 11.4 Å². The molecular formula is C20H27ClN4O2S. The van der Waals surface area contributed by atoms with E-state index >= 15 is 0 Å². The number of halogens is 1. The van der Waals surface area contributed by atoms with Gasteiger partial charge in [-0.1, -0.05) is 35.5 Å². The van der Waals surface area contributed by atoms with E-state index in [0.717, 1.165) is 61.5 Å². The minimum Gasteiger partial charge on any atom is -0.353 e. The molecule has 0 saturated carbocycles. The molecule has 152 valence electrons. The zero-order valence-corrected chi connectivity index (χ0v) is 17.6. The van der Waals surface area contributed by atoms with Gasteiger partial charge in [0.2, 0.25) is 5.95 Å². The summed E-state index contributed by atoms with van der Waals surface area (Å²) in [6.45, 7) is 3.56. The lowest BCUT2D eigenvalue weighted by Crippen LogP contribution is -2.22. The third kappa shape index (κ3) is 4.82. The first kappa shape index (κ1) is 20.0. The second-order valence-corrected chi connectivity index (χ2v) is 8.60. The summed E-state index contributed by atoms with van der Waals surface area (Å²) < 4.78 is 13.6. The number of anilines is 1. The van der Waals surface area contributed by atoms with Crippen LogP contribution in [0, 0.1) is 0 Å². The first-order chi connectivity index (χ1) is 13.8. The van der Waals surface area contributed by atoms with Gasteiger partial charge in [-0.15, -0.1) is 10.2 Å². The van der Waals surface area contributed by atoms with Crippen molar-refractivity contribution >= 4 is 29.3 Å². The van der Waals surface area contributed by atoms with Crippen LogP contribution in [0.3, 0.4) is 0 Å². The topological polar surface area (TPSA) is 52.4 Å². The van der Waals surface area contributed by atoms with Crippen molar-refractivity contribution in [2.75, 3.05) is 37.0 Å². The van der Waals surface area contributed by atoms with Crippen LogP contribution < -0.4 is 4.90 Å². The highest BCUT2D eigenvalue weighted by molar-refractivity contribution is 7.99. The Morgan fingerprint density at radius 1 is 1.14 bits per heavy atom. The third-order valence-corrected chi connectivity index (χ3v) is 6.39. The Hall–Kier alpha value is -1.28. The largest absolute Gasteiger partial charge is 0.353 e. The van der Waals surface area contributed by atoms with Crippen molar-refractivity contribution in [3.63, 3.8) is 0 Å². The molecule has 0 unspecified atom stereocenters. The number of hydrogen-bond acceptors (Lipinski definition) is 6. The number of rotatable bonds is 8. The average Bonchev–Trinajstić information content (AvgIpc) is 3.39. The highest BCUT2D eigenvalue weighted by atomic mass is 35.5. The van der Waals surface area contributed by atoms with Crippen LogP contribution in [-0.2, 0) is 9.47 Å². The van der Waals surface area contributed by atoms with Crippen LogP contribution in [0.25, 0.3) is 5.69 Å². The lowest BCUT2D eigenvalue weighted by molar-refractivity contribution is -0.162. The summed E-state index contributed by atoms with van der Waals surface area (Å²) in [5, 5.41) is 10.6. The molecule has 1 aromatic heterocycles. The molecule has 0 bridgehead atoms. The Kier molecular flexibility index (Phi) is 7.12. The normalized spacial score (nSPS) is 20.0. The molecule has 0 aliphatic carbocycles. The number of ether oxygens (including phenoxy) is 2. The summed E-state index contributed by atoms with van der Waals surface area (Å²) in [5.41, 5.74) is 0.936. The van der Waals surface area contributed by atoms with E-state index in [1.807, 2.05) is 24.3 Å². The minimum absolute atomic E-state index is 0.0210. The predicted molar refractivity (Wildman–Crippen MR) is 113 cm³/mol. The molecule has 2 fully saturated rings. The minimum atomic E-state index is -0.0210. The van der Waals surface area contributed by atoms with Crippen LogP contribution in [0.2, 0.25) is 5.02 Å². The second kappa shape index (κ2) is 9.96. The second-order valence-electron chi connectivity index (χ2n) is 7.13. The summed E-state index contributed by atoms with van der Waals surface area (Å²) >= 11 is 8.20. The van der Waals surface area contributed by atoms with E-state index in [-0.39, 0.29) is 6.29 Å². The molecule has 2 saturated heterocycles. The predicted octanol–water partition coefficient (Wildman–Crippen LogP) is 4.55. The molecule has 6 nitrogen and oxygen atoms in total. The molecule has 0 amide bonds. The molecular weight excluding hydrogens is 396 g/mol. The summed E-state index contributed by atoms with van der Waals surface area (Å²) in [7, 11) is 0. The van der Waals surface area contributed by atoms with Gasteiger partial charge in [0, 0.05) is 25.4 Å². The standard InChI is InChI=1S/C20H27ClN4O2S/c21-16-8-1-2-9-17(16)25-19(24-11-4-5-12-24)22-23-20(25)28-15-7-14-27-18-10-3-6-13-26-18/h1-2,8-9,18H,3-7,10-15H2/t18-/m0/s1. The van der Waals surface area contributed by atoms with Crippen molar-refractivity contribution in [3.05, 3.63) is 29.3 Å². The highest BCUT2D eigenvalue weighted by Crippen LogP contribution is 2.32. The van der Waals surface area contributed by atoms with Crippen LogP contribution in [0.1, 0.15) is 38.5 Å². The lowest BCUT2D eigenvalue weighted by atomic mass is 10.2. The van der Waals surface area contributed by atoms with Gasteiger partial charge >= 0.3 is 0 Å². The van der Waals surface area contributed by atoms with Gasteiger partial charge in [0.25, 0.3) is 0 Å². The number of nitrogens with zero attached hydrogens (tertiary/aromatic N) is 4. The van der Waals surface area contributed by atoms with Crippen LogP contribution in [0.15, 0.2) is 29.4 Å². The zero-order valence-electron chi connectivity index (χ0n) is 16.1. The Morgan fingerprint density at radius 3 is 2.79 bits per heavy atom. The van der Waals surface area contributed by atoms with E-state index in [4.69, 9.17) is 21.1 Å². The van der Waals surface area contributed by atoms with Gasteiger partial charge in [0.1, 0.15) is 0 Å². The Bertz CT molecular complexity index is 760. The quantitative estimate of drug-likeness (QED) is 0.459. The first-order valence-corrected chi connectivity index (χ1v) is 11.5. The average molecular weight is 423 g/mol. The van der Waals surface area contributed by atoms with Crippen molar-refractivity contribution in [2.45, 2.75) is 50.0 Å². The van der Waals surface area contributed by atoms with E-state index in [0.29, 0.717) is 11.6 Å². The Labute approximate surface area is 175 Å². The molecule has 2 aliphatic heterocycles. The van der Waals surface area contributed by atoms with E-state index in [1.54, 1.807) is 11.8 Å². The van der Waals surface area contributed by atoms with Crippen molar-refractivity contribution in [3.8, 4) is 5.69 Å². The van der Waals surface area contributed by atoms with Crippen LogP contribution in [-0.4, -0.2) is 53.1 Å².